The summed E-state index contributed by atoms with van der Waals surface area (Å²) in [6, 6.07) is 8.10. The van der Waals surface area contributed by atoms with Gasteiger partial charge >= 0.3 is 0 Å². The third-order valence-electron chi connectivity index (χ3n) is 2.61. The summed E-state index contributed by atoms with van der Waals surface area (Å²) in [7, 11) is 0. The van der Waals surface area contributed by atoms with Crippen LogP contribution in [-0.2, 0) is 6.42 Å². The van der Waals surface area contributed by atoms with Gasteiger partial charge in [0, 0.05) is 17.1 Å². The van der Waals surface area contributed by atoms with Crippen molar-refractivity contribution in [3.05, 3.63) is 40.9 Å². The van der Waals surface area contributed by atoms with E-state index in [1.165, 1.54) is 0 Å². The van der Waals surface area contributed by atoms with Crippen molar-refractivity contribution in [2.45, 2.75) is 26.3 Å². The van der Waals surface area contributed by atoms with Crippen LogP contribution in [0.3, 0.4) is 0 Å². The maximum absolute atomic E-state index is 5.94. The third kappa shape index (κ3) is 2.84. The minimum Gasteiger partial charge on any atom is -0.331 e. The standard InChI is InChI=1S/C13H17N3S/c1-3-10-8-17-13(15-10)16-12-7-5-4-6-11(12)9(2)14/h4-9H,3,14H2,1-2H3,(H,15,16). The van der Waals surface area contributed by atoms with Crippen LogP contribution in [0.25, 0.3) is 0 Å². The Morgan fingerprint density at radius 1 is 1.41 bits per heavy atom. The van der Waals surface area contributed by atoms with Crippen LogP contribution in [-0.4, -0.2) is 4.98 Å². The number of nitrogens with zero attached hydrogens (tertiary/aromatic N) is 1. The Bertz CT molecular complexity index is 491. The van der Waals surface area contributed by atoms with Gasteiger partial charge < -0.3 is 11.1 Å². The number of thiazole rings is 1. The van der Waals surface area contributed by atoms with Gasteiger partial charge in [-0.3, -0.25) is 0 Å². The quantitative estimate of drug-likeness (QED) is 0.869. The molecule has 1 atom stereocenters. The van der Waals surface area contributed by atoms with Gasteiger partial charge in [-0.2, -0.15) is 0 Å². The molecule has 1 aromatic heterocycles. The van der Waals surface area contributed by atoms with Crippen molar-refractivity contribution in [3.8, 4) is 0 Å². The molecule has 1 aromatic carbocycles. The lowest BCUT2D eigenvalue weighted by molar-refractivity contribution is 0.820. The smallest absolute Gasteiger partial charge is 0.187 e. The molecule has 0 spiro atoms. The second-order valence-electron chi connectivity index (χ2n) is 4.00. The molecule has 0 radical (unpaired) electrons. The van der Waals surface area contributed by atoms with Gasteiger partial charge in [0.05, 0.1) is 5.69 Å². The lowest BCUT2D eigenvalue weighted by Crippen LogP contribution is -2.07. The van der Waals surface area contributed by atoms with Crippen LogP contribution in [0.15, 0.2) is 29.6 Å². The Morgan fingerprint density at radius 3 is 2.82 bits per heavy atom. The second-order valence-corrected chi connectivity index (χ2v) is 4.86. The van der Waals surface area contributed by atoms with E-state index in [1.807, 2.05) is 31.2 Å². The molecule has 0 saturated carbocycles. The first-order chi connectivity index (χ1) is 8.20. The van der Waals surface area contributed by atoms with Crippen molar-refractivity contribution < 1.29 is 0 Å². The summed E-state index contributed by atoms with van der Waals surface area (Å²) in [6.45, 7) is 4.09. The summed E-state index contributed by atoms with van der Waals surface area (Å²) in [4.78, 5) is 4.49. The first kappa shape index (κ1) is 12.1. The number of para-hydroxylation sites is 1. The fraction of sp³-hybridized carbons (Fsp3) is 0.308. The number of rotatable bonds is 4. The number of hydrogen-bond donors (Lipinski definition) is 2. The zero-order valence-electron chi connectivity index (χ0n) is 10.1. The predicted octanol–water partition coefficient (Wildman–Crippen LogP) is 3.47. The SMILES string of the molecule is CCc1csc(Nc2ccccc2C(C)N)n1. The Hall–Kier alpha value is -1.39. The van der Waals surface area contributed by atoms with Crippen molar-refractivity contribution in [2.75, 3.05) is 5.32 Å². The van der Waals surface area contributed by atoms with Gasteiger partial charge in [0.15, 0.2) is 5.13 Å². The number of aryl methyl sites for hydroxylation is 1. The average Bonchev–Trinajstić information content (AvgIpc) is 2.77. The monoisotopic (exact) mass is 247 g/mol. The van der Waals surface area contributed by atoms with E-state index in [0.29, 0.717) is 0 Å². The van der Waals surface area contributed by atoms with E-state index in [9.17, 15) is 0 Å². The summed E-state index contributed by atoms with van der Waals surface area (Å²) >= 11 is 1.63. The van der Waals surface area contributed by atoms with Crippen LogP contribution < -0.4 is 11.1 Å². The number of nitrogens with one attached hydrogen (secondary N) is 1. The molecule has 2 rings (SSSR count). The number of benzene rings is 1. The summed E-state index contributed by atoms with van der Waals surface area (Å²) in [5, 5.41) is 6.34. The van der Waals surface area contributed by atoms with E-state index >= 15 is 0 Å². The molecule has 0 bridgehead atoms. The number of aromatic nitrogens is 1. The molecule has 0 aliphatic heterocycles. The molecule has 0 saturated heterocycles. The van der Waals surface area contributed by atoms with E-state index < -0.39 is 0 Å². The number of hydrogen-bond acceptors (Lipinski definition) is 4. The van der Waals surface area contributed by atoms with Crippen molar-refractivity contribution in [2.24, 2.45) is 5.73 Å². The summed E-state index contributed by atoms with van der Waals surface area (Å²) in [5.74, 6) is 0. The van der Waals surface area contributed by atoms with Crippen LogP contribution in [0.5, 0.6) is 0 Å². The lowest BCUT2D eigenvalue weighted by atomic mass is 10.1. The average molecular weight is 247 g/mol. The fourth-order valence-electron chi connectivity index (χ4n) is 1.65. The molecule has 0 amide bonds. The van der Waals surface area contributed by atoms with Crippen molar-refractivity contribution in [3.63, 3.8) is 0 Å². The van der Waals surface area contributed by atoms with Crippen LogP contribution in [0.1, 0.15) is 31.1 Å². The molecular formula is C13H17N3S. The maximum atomic E-state index is 5.94. The topological polar surface area (TPSA) is 50.9 Å². The molecule has 0 aliphatic carbocycles. The van der Waals surface area contributed by atoms with Crippen LogP contribution >= 0.6 is 11.3 Å². The minimum atomic E-state index is 0.0179. The van der Waals surface area contributed by atoms with Crippen molar-refractivity contribution in [1.82, 2.24) is 4.98 Å². The van der Waals surface area contributed by atoms with Gasteiger partial charge in [0.1, 0.15) is 0 Å². The van der Waals surface area contributed by atoms with Crippen LogP contribution in [0.2, 0.25) is 0 Å². The Balaban J connectivity index is 2.23. The van der Waals surface area contributed by atoms with E-state index in [-0.39, 0.29) is 6.04 Å². The van der Waals surface area contributed by atoms with Crippen molar-refractivity contribution in [1.29, 1.82) is 0 Å². The molecule has 1 heterocycles. The summed E-state index contributed by atoms with van der Waals surface area (Å²) < 4.78 is 0. The number of anilines is 2. The molecule has 0 aliphatic rings. The van der Waals surface area contributed by atoms with E-state index in [4.69, 9.17) is 5.73 Å². The molecule has 17 heavy (non-hydrogen) atoms. The highest BCUT2D eigenvalue weighted by Gasteiger charge is 2.07. The predicted molar refractivity (Wildman–Crippen MR) is 73.8 cm³/mol. The minimum absolute atomic E-state index is 0.0179. The third-order valence-corrected chi connectivity index (χ3v) is 3.41. The van der Waals surface area contributed by atoms with E-state index in [1.54, 1.807) is 11.3 Å². The largest absolute Gasteiger partial charge is 0.331 e. The zero-order chi connectivity index (χ0) is 12.3. The normalized spacial score (nSPS) is 12.4. The molecule has 1 unspecified atom stereocenters. The number of nitrogens with two attached hydrogens (primary N) is 1. The highest BCUT2D eigenvalue weighted by atomic mass is 32.1. The van der Waals surface area contributed by atoms with Gasteiger partial charge in [0.25, 0.3) is 0 Å². The molecule has 2 aromatic rings. The van der Waals surface area contributed by atoms with Gasteiger partial charge in [-0.1, -0.05) is 25.1 Å². The Labute approximate surface area is 106 Å². The Morgan fingerprint density at radius 2 is 2.18 bits per heavy atom. The highest BCUT2D eigenvalue weighted by Crippen LogP contribution is 2.26. The van der Waals surface area contributed by atoms with Crippen LogP contribution in [0.4, 0.5) is 10.8 Å². The lowest BCUT2D eigenvalue weighted by Gasteiger charge is -2.12. The first-order valence-corrected chi connectivity index (χ1v) is 6.64. The molecule has 90 valence electrons. The van der Waals surface area contributed by atoms with Gasteiger partial charge in [-0.15, -0.1) is 11.3 Å². The highest BCUT2D eigenvalue weighted by molar-refractivity contribution is 7.13. The molecule has 3 N–H and O–H groups in total. The Kier molecular flexibility index (Phi) is 3.76. The molecule has 0 fully saturated rings. The summed E-state index contributed by atoms with van der Waals surface area (Å²) in [5.41, 5.74) is 9.22. The zero-order valence-corrected chi connectivity index (χ0v) is 10.9. The van der Waals surface area contributed by atoms with Crippen molar-refractivity contribution >= 4 is 22.2 Å². The van der Waals surface area contributed by atoms with Crippen LogP contribution in [0, 0.1) is 0 Å². The van der Waals surface area contributed by atoms with Gasteiger partial charge in [0.2, 0.25) is 0 Å². The van der Waals surface area contributed by atoms with E-state index in [0.717, 1.165) is 28.5 Å². The van der Waals surface area contributed by atoms with Gasteiger partial charge in [-0.25, -0.2) is 4.98 Å². The van der Waals surface area contributed by atoms with Gasteiger partial charge in [-0.05, 0) is 25.0 Å². The molecular weight excluding hydrogens is 230 g/mol. The fourth-order valence-corrected chi connectivity index (χ4v) is 2.46. The molecule has 3 nitrogen and oxygen atoms in total. The first-order valence-electron chi connectivity index (χ1n) is 5.76. The summed E-state index contributed by atoms with van der Waals surface area (Å²) in [6.07, 6.45) is 0.965. The second kappa shape index (κ2) is 5.29. The maximum Gasteiger partial charge on any atom is 0.187 e. The molecule has 4 heteroatoms. The van der Waals surface area contributed by atoms with E-state index in [2.05, 4.69) is 22.6 Å².